The van der Waals surface area contributed by atoms with E-state index in [1.807, 2.05) is 0 Å². The van der Waals surface area contributed by atoms with Gasteiger partial charge in [-0.25, -0.2) is 4.57 Å². The molecule has 0 aromatic rings. The first-order valence-corrected chi connectivity index (χ1v) is 3.23. The van der Waals surface area contributed by atoms with Gasteiger partial charge in [0.05, 0.1) is 0 Å². The first kappa shape index (κ1) is 11.8. The molecule has 0 unspecified atom stereocenters. The first-order valence-electron chi connectivity index (χ1n) is 1.70. The normalized spacial score (nSPS) is 10.0. The number of phosphoric acid groups is 1. The monoisotopic (exact) mass is 176 g/mol. The van der Waals surface area contributed by atoms with Crippen LogP contribution in [0.5, 0.6) is 0 Å². The van der Waals surface area contributed by atoms with Crippen molar-refractivity contribution in [1.29, 1.82) is 0 Å². The van der Waals surface area contributed by atoms with Crippen molar-refractivity contribution >= 4 is 26.5 Å². The fourth-order valence-electron chi connectivity index (χ4n) is 0.128. The van der Waals surface area contributed by atoms with E-state index in [-0.39, 0.29) is 18.7 Å². The molecule has 9 heavy (non-hydrogen) atoms. The molecule has 0 amide bonds. The highest BCUT2D eigenvalue weighted by Gasteiger charge is 2.11. The van der Waals surface area contributed by atoms with Gasteiger partial charge in [0.25, 0.3) is 0 Å². The molecule has 2 N–H and O–H groups in total. The molecule has 0 bridgehead atoms. The summed E-state index contributed by atoms with van der Waals surface area (Å²) in [6, 6.07) is 0. The average molecular weight is 176 g/mol. The summed E-state index contributed by atoms with van der Waals surface area (Å²) < 4.78 is 13.4. The maximum atomic E-state index is 9.70. The van der Waals surface area contributed by atoms with Crippen molar-refractivity contribution in [1.82, 2.24) is 0 Å². The van der Waals surface area contributed by atoms with Crippen LogP contribution in [0.1, 0.15) is 0 Å². The molecule has 0 aliphatic carbocycles. The number of carbonyl (C=O) groups excluding carboxylic acids is 1. The van der Waals surface area contributed by atoms with Crippen molar-refractivity contribution in [3.63, 3.8) is 0 Å². The Hall–Kier alpha value is 0.0700. The lowest BCUT2D eigenvalue weighted by Crippen LogP contribution is -1.91. The fraction of sp³-hybridized carbons (Fsp3) is 0.500. The molecule has 7 heteroatoms. The zero-order chi connectivity index (χ0) is 6.62. The third kappa shape index (κ3) is 11.6. The van der Waals surface area contributed by atoms with Crippen LogP contribution in [-0.4, -0.2) is 22.7 Å². The number of halogens is 1. The molecular formula is C2H6ClO5P. The van der Waals surface area contributed by atoms with Crippen LogP contribution in [0.15, 0.2) is 0 Å². The third-order valence-electron chi connectivity index (χ3n) is 0.311. The molecule has 0 saturated carbocycles. The number of aldehydes is 1. The fourth-order valence-corrected chi connectivity index (χ4v) is 0.383. The summed E-state index contributed by atoms with van der Waals surface area (Å²) in [6.07, 6.45) is 0.263. The van der Waals surface area contributed by atoms with Crippen molar-refractivity contribution in [3.8, 4) is 0 Å². The minimum absolute atomic E-state index is 0. The van der Waals surface area contributed by atoms with E-state index in [9.17, 15) is 9.36 Å². The van der Waals surface area contributed by atoms with Crippen LogP contribution < -0.4 is 0 Å². The largest absolute Gasteiger partial charge is 0.469 e. The van der Waals surface area contributed by atoms with Gasteiger partial charge in [-0.3, -0.25) is 4.52 Å². The standard InChI is InChI=1S/C2H5O5P.ClH/c3-1-2-7-8(4,5)6;/h1H,2H2,(H2,4,5,6);1H. The van der Waals surface area contributed by atoms with E-state index in [0.29, 0.717) is 0 Å². The Labute approximate surface area is 57.7 Å². The van der Waals surface area contributed by atoms with E-state index in [0.717, 1.165) is 0 Å². The molecule has 56 valence electrons. The Morgan fingerprint density at radius 2 is 2.00 bits per heavy atom. The molecule has 0 spiro atoms. The van der Waals surface area contributed by atoms with Gasteiger partial charge in [-0.1, -0.05) is 0 Å². The van der Waals surface area contributed by atoms with E-state index >= 15 is 0 Å². The molecule has 0 aromatic heterocycles. The summed E-state index contributed by atoms with van der Waals surface area (Å²) in [5.41, 5.74) is 0. The molecule has 0 atom stereocenters. The Morgan fingerprint density at radius 1 is 1.56 bits per heavy atom. The zero-order valence-electron chi connectivity index (χ0n) is 4.26. The highest BCUT2D eigenvalue weighted by atomic mass is 35.5. The molecule has 0 saturated heterocycles. The van der Waals surface area contributed by atoms with Gasteiger partial charge >= 0.3 is 7.82 Å². The number of carbonyl (C=O) groups is 1. The van der Waals surface area contributed by atoms with Crippen LogP contribution in [0.3, 0.4) is 0 Å². The molecule has 0 aliphatic rings. The lowest BCUT2D eigenvalue weighted by molar-refractivity contribution is -0.110. The van der Waals surface area contributed by atoms with Crippen molar-refractivity contribution in [2.24, 2.45) is 0 Å². The van der Waals surface area contributed by atoms with Crippen molar-refractivity contribution in [2.45, 2.75) is 0 Å². The zero-order valence-corrected chi connectivity index (χ0v) is 5.97. The van der Waals surface area contributed by atoms with Gasteiger partial charge in [0.2, 0.25) is 0 Å². The molecule has 0 aromatic carbocycles. The Balaban J connectivity index is 0. The Morgan fingerprint density at radius 3 is 2.11 bits per heavy atom. The molecule has 0 radical (unpaired) electrons. The van der Waals surface area contributed by atoms with Gasteiger partial charge < -0.3 is 14.6 Å². The average Bonchev–Trinajstić information content (AvgIpc) is 1.59. The highest BCUT2D eigenvalue weighted by molar-refractivity contribution is 7.46. The summed E-state index contributed by atoms with van der Waals surface area (Å²) in [4.78, 5) is 25.1. The van der Waals surface area contributed by atoms with Gasteiger partial charge in [-0.15, -0.1) is 12.4 Å². The quantitative estimate of drug-likeness (QED) is 0.456. The summed E-state index contributed by atoms with van der Waals surface area (Å²) in [7, 11) is -4.41. The van der Waals surface area contributed by atoms with E-state index < -0.39 is 14.4 Å². The molecular weight excluding hydrogens is 170 g/mol. The van der Waals surface area contributed by atoms with E-state index in [4.69, 9.17) is 9.79 Å². The van der Waals surface area contributed by atoms with E-state index in [2.05, 4.69) is 4.52 Å². The van der Waals surface area contributed by atoms with Crippen LogP contribution in [0, 0.1) is 0 Å². The van der Waals surface area contributed by atoms with Crippen molar-refractivity contribution in [3.05, 3.63) is 0 Å². The minimum atomic E-state index is -4.41. The predicted molar refractivity (Wildman–Crippen MR) is 31.3 cm³/mol. The van der Waals surface area contributed by atoms with Gasteiger partial charge in [0.1, 0.15) is 12.9 Å². The SMILES string of the molecule is Cl.O=CCOP(=O)(O)O. The van der Waals surface area contributed by atoms with E-state index in [1.165, 1.54) is 0 Å². The second-order valence-electron chi connectivity index (χ2n) is 0.953. The first-order chi connectivity index (χ1) is 3.56. The van der Waals surface area contributed by atoms with Crippen LogP contribution in [0.2, 0.25) is 0 Å². The van der Waals surface area contributed by atoms with Crippen LogP contribution in [-0.2, 0) is 13.9 Å². The lowest BCUT2D eigenvalue weighted by atomic mass is 10.9. The van der Waals surface area contributed by atoms with Crippen molar-refractivity contribution < 1.29 is 23.7 Å². The van der Waals surface area contributed by atoms with Gasteiger partial charge in [0.15, 0.2) is 0 Å². The van der Waals surface area contributed by atoms with Crippen LogP contribution >= 0.6 is 20.2 Å². The van der Waals surface area contributed by atoms with Gasteiger partial charge in [-0.2, -0.15) is 0 Å². The predicted octanol–water partition coefficient (Wildman–Crippen LogP) is -0.284. The number of rotatable bonds is 3. The van der Waals surface area contributed by atoms with Gasteiger partial charge in [-0.05, 0) is 0 Å². The Kier molecular flexibility index (Phi) is 6.44. The minimum Gasteiger partial charge on any atom is -0.303 e. The lowest BCUT2D eigenvalue weighted by Gasteiger charge is -1.97. The molecule has 0 rings (SSSR count). The smallest absolute Gasteiger partial charge is 0.303 e. The summed E-state index contributed by atoms with van der Waals surface area (Å²) >= 11 is 0. The van der Waals surface area contributed by atoms with E-state index in [1.54, 1.807) is 0 Å². The summed E-state index contributed by atoms with van der Waals surface area (Å²) in [6.45, 7) is -0.565. The number of hydrogen-bond acceptors (Lipinski definition) is 3. The van der Waals surface area contributed by atoms with Gasteiger partial charge in [0, 0.05) is 0 Å². The molecule has 0 fully saturated rings. The maximum absolute atomic E-state index is 9.70. The third-order valence-corrected chi connectivity index (χ3v) is 0.796. The molecule has 0 heterocycles. The second-order valence-corrected chi connectivity index (χ2v) is 2.19. The van der Waals surface area contributed by atoms with Crippen molar-refractivity contribution in [2.75, 3.05) is 6.61 Å². The number of hydrogen-bond donors (Lipinski definition) is 2. The number of phosphoric ester groups is 1. The van der Waals surface area contributed by atoms with Crippen LogP contribution in [0.4, 0.5) is 0 Å². The summed E-state index contributed by atoms with van der Waals surface area (Å²) in [5, 5.41) is 0. The Bertz CT molecular complexity index is 118. The maximum Gasteiger partial charge on any atom is 0.469 e. The second kappa shape index (κ2) is 4.90. The molecule has 5 nitrogen and oxygen atoms in total. The molecule has 0 aliphatic heterocycles. The highest BCUT2D eigenvalue weighted by Crippen LogP contribution is 2.34. The summed E-state index contributed by atoms with van der Waals surface area (Å²) in [5.74, 6) is 0. The van der Waals surface area contributed by atoms with Crippen LogP contribution in [0.25, 0.3) is 0 Å². The topological polar surface area (TPSA) is 83.8 Å².